The highest BCUT2D eigenvalue weighted by molar-refractivity contribution is 7.09. The van der Waals surface area contributed by atoms with E-state index in [2.05, 4.69) is 46.8 Å². The number of hydrogen-bond donors (Lipinski definition) is 1. The monoisotopic (exact) mass is 287 g/mol. The van der Waals surface area contributed by atoms with E-state index in [-0.39, 0.29) is 0 Å². The molecule has 0 spiro atoms. The van der Waals surface area contributed by atoms with Crippen LogP contribution in [0.2, 0.25) is 0 Å². The number of nitrogens with one attached hydrogen (secondary N) is 1. The van der Waals surface area contributed by atoms with Crippen LogP contribution in [0, 0.1) is 0 Å². The summed E-state index contributed by atoms with van der Waals surface area (Å²) < 4.78 is 0. The highest BCUT2D eigenvalue weighted by atomic mass is 32.1. The third kappa shape index (κ3) is 3.26. The van der Waals surface area contributed by atoms with Gasteiger partial charge in [-0.3, -0.25) is 4.90 Å². The zero-order valence-electron chi connectivity index (χ0n) is 11.9. The fourth-order valence-electron chi connectivity index (χ4n) is 2.65. The molecule has 1 N–H and O–H groups in total. The maximum absolute atomic E-state index is 4.71. The molecule has 2 heterocycles. The molecule has 0 amide bonds. The van der Waals surface area contributed by atoms with Gasteiger partial charge in [0, 0.05) is 31.6 Å². The van der Waals surface area contributed by atoms with Crippen molar-refractivity contribution in [3.05, 3.63) is 51.5 Å². The molecule has 4 heteroatoms. The Labute approximate surface area is 124 Å². The molecule has 106 valence electrons. The van der Waals surface area contributed by atoms with Crippen molar-refractivity contribution in [3.8, 4) is 0 Å². The lowest BCUT2D eigenvalue weighted by molar-refractivity contribution is 0.243. The van der Waals surface area contributed by atoms with E-state index in [1.165, 1.54) is 21.8 Å². The van der Waals surface area contributed by atoms with Gasteiger partial charge in [0.05, 0.1) is 5.69 Å². The molecule has 1 aliphatic heterocycles. The van der Waals surface area contributed by atoms with Crippen molar-refractivity contribution in [3.63, 3.8) is 0 Å². The number of rotatable bonds is 5. The zero-order valence-corrected chi connectivity index (χ0v) is 12.7. The maximum Gasteiger partial charge on any atom is 0.107 e. The largest absolute Gasteiger partial charge is 0.311 e. The molecule has 0 saturated heterocycles. The highest BCUT2D eigenvalue weighted by Gasteiger charge is 2.16. The Morgan fingerprint density at radius 3 is 3.00 bits per heavy atom. The minimum atomic E-state index is 0.893. The molecule has 3 rings (SSSR count). The van der Waals surface area contributed by atoms with Crippen molar-refractivity contribution in [2.45, 2.75) is 33.0 Å². The minimum Gasteiger partial charge on any atom is -0.311 e. The van der Waals surface area contributed by atoms with Crippen molar-refractivity contribution < 1.29 is 0 Å². The Bertz CT molecular complexity index is 564. The molecule has 2 aromatic rings. The van der Waals surface area contributed by atoms with E-state index in [4.69, 9.17) is 4.98 Å². The Kier molecular flexibility index (Phi) is 4.45. The van der Waals surface area contributed by atoms with Gasteiger partial charge in [0.15, 0.2) is 0 Å². The minimum absolute atomic E-state index is 0.893. The Balaban J connectivity index is 1.60. The van der Waals surface area contributed by atoms with Crippen LogP contribution in [0.1, 0.15) is 28.8 Å². The predicted octanol–water partition coefficient (Wildman–Crippen LogP) is 2.81. The number of nitrogens with zero attached hydrogens (tertiary/aromatic N) is 2. The van der Waals surface area contributed by atoms with Gasteiger partial charge in [0.25, 0.3) is 0 Å². The molecule has 1 aromatic carbocycles. The maximum atomic E-state index is 4.71. The second kappa shape index (κ2) is 6.48. The van der Waals surface area contributed by atoms with Gasteiger partial charge >= 0.3 is 0 Å². The van der Waals surface area contributed by atoms with Crippen molar-refractivity contribution >= 4 is 11.3 Å². The second-order valence-electron chi connectivity index (χ2n) is 5.24. The fraction of sp³-hybridized carbons (Fsp3) is 0.438. The van der Waals surface area contributed by atoms with Gasteiger partial charge in [-0.2, -0.15) is 0 Å². The molecule has 0 bridgehead atoms. The quantitative estimate of drug-likeness (QED) is 0.916. The van der Waals surface area contributed by atoms with Crippen LogP contribution in [0.3, 0.4) is 0 Å². The van der Waals surface area contributed by atoms with Crippen LogP contribution in [0.25, 0.3) is 0 Å². The van der Waals surface area contributed by atoms with Gasteiger partial charge in [0.1, 0.15) is 5.01 Å². The van der Waals surface area contributed by atoms with E-state index in [1.54, 1.807) is 11.3 Å². The van der Waals surface area contributed by atoms with Crippen LogP contribution in [-0.2, 0) is 26.1 Å². The van der Waals surface area contributed by atoms with Crippen LogP contribution in [0.5, 0.6) is 0 Å². The van der Waals surface area contributed by atoms with Crippen molar-refractivity contribution in [2.24, 2.45) is 0 Å². The first-order valence-electron chi connectivity index (χ1n) is 7.28. The molecule has 0 aliphatic carbocycles. The van der Waals surface area contributed by atoms with Crippen LogP contribution in [0.15, 0.2) is 29.6 Å². The summed E-state index contributed by atoms with van der Waals surface area (Å²) in [5.74, 6) is 0. The molecular formula is C16H21N3S. The van der Waals surface area contributed by atoms with Gasteiger partial charge < -0.3 is 5.32 Å². The topological polar surface area (TPSA) is 28.2 Å². The molecule has 1 aromatic heterocycles. The van der Waals surface area contributed by atoms with Crippen molar-refractivity contribution in [1.82, 2.24) is 15.2 Å². The second-order valence-corrected chi connectivity index (χ2v) is 6.18. The summed E-state index contributed by atoms with van der Waals surface area (Å²) >= 11 is 1.76. The first kappa shape index (κ1) is 13.7. The predicted molar refractivity (Wildman–Crippen MR) is 83.8 cm³/mol. The van der Waals surface area contributed by atoms with E-state index >= 15 is 0 Å². The van der Waals surface area contributed by atoms with Crippen LogP contribution >= 0.6 is 11.3 Å². The average Bonchev–Trinajstić information content (AvgIpc) is 2.92. The standard InChI is InChI=1S/C16H21N3S/c1-2-17-9-16-18-15(12-20-16)11-19-8-7-13-5-3-4-6-14(13)10-19/h3-6,12,17H,2,7-11H2,1H3. The first-order valence-corrected chi connectivity index (χ1v) is 8.16. The van der Waals surface area contributed by atoms with Crippen molar-refractivity contribution in [1.29, 1.82) is 0 Å². The molecular weight excluding hydrogens is 266 g/mol. The number of hydrogen-bond acceptors (Lipinski definition) is 4. The van der Waals surface area contributed by atoms with Crippen LogP contribution in [-0.4, -0.2) is 23.0 Å². The lowest BCUT2D eigenvalue weighted by atomic mass is 10.00. The SMILES string of the molecule is CCNCc1nc(CN2CCc3ccccc3C2)cs1. The lowest BCUT2D eigenvalue weighted by Gasteiger charge is -2.27. The van der Waals surface area contributed by atoms with Gasteiger partial charge in [-0.1, -0.05) is 31.2 Å². The van der Waals surface area contributed by atoms with Gasteiger partial charge in [-0.15, -0.1) is 11.3 Å². The van der Waals surface area contributed by atoms with Crippen LogP contribution in [0.4, 0.5) is 0 Å². The Morgan fingerprint density at radius 2 is 2.15 bits per heavy atom. The van der Waals surface area contributed by atoms with E-state index in [0.717, 1.165) is 39.1 Å². The number of fused-ring (bicyclic) bond motifs is 1. The highest BCUT2D eigenvalue weighted by Crippen LogP contribution is 2.20. The molecule has 1 aliphatic rings. The normalized spacial score (nSPS) is 15.2. The lowest BCUT2D eigenvalue weighted by Crippen LogP contribution is -2.30. The summed E-state index contributed by atoms with van der Waals surface area (Å²) in [7, 11) is 0. The molecule has 0 fully saturated rings. The summed E-state index contributed by atoms with van der Waals surface area (Å²) in [4.78, 5) is 7.21. The van der Waals surface area contributed by atoms with E-state index < -0.39 is 0 Å². The molecule has 20 heavy (non-hydrogen) atoms. The fourth-order valence-corrected chi connectivity index (χ4v) is 3.41. The number of thiazole rings is 1. The smallest absolute Gasteiger partial charge is 0.107 e. The third-order valence-electron chi connectivity index (χ3n) is 3.72. The first-order chi connectivity index (χ1) is 9.85. The number of benzene rings is 1. The summed E-state index contributed by atoms with van der Waals surface area (Å²) in [6, 6.07) is 8.78. The van der Waals surface area contributed by atoms with Crippen LogP contribution < -0.4 is 5.32 Å². The van der Waals surface area contributed by atoms with E-state index in [9.17, 15) is 0 Å². The van der Waals surface area contributed by atoms with Gasteiger partial charge in [-0.25, -0.2) is 4.98 Å². The van der Waals surface area contributed by atoms with Crippen molar-refractivity contribution in [2.75, 3.05) is 13.1 Å². The summed E-state index contributed by atoms with van der Waals surface area (Å²) in [6.45, 7) is 7.17. The third-order valence-corrected chi connectivity index (χ3v) is 4.62. The molecule has 0 unspecified atom stereocenters. The Morgan fingerprint density at radius 1 is 1.30 bits per heavy atom. The summed E-state index contributed by atoms with van der Waals surface area (Å²) in [6.07, 6.45) is 1.16. The number of aromatic nitrogens is 1. The summed E-state index contributed by atoms with van der Waals surface area (Å²) in [5, 5.41) is 6.72. The average molecular weight is 287 g/mol. The Hall–Kier alpha value is -1.23. The molecule has 0 atom stereocenters. The summed E-state index contributed by atoms with van der Waals surface area (Å²) in [5.41, 5.74) is 4.19. The zero-order chi connectivity index (χ0) is 13.8. The molecule has 3 nitrogen and oxygen atoms in total. The van der Waals surface area contributed by atoms with E-state index in [0.29, 0.717) is 0 Å². The van der Waals surface area contributed by atoms with E-state index in [1.807, 2.05) is 0 Å². The van der Waals surface area contributed by atoms with Gasteiger partial charge in [0.2, 0.25) is 0 Å². The molecule has 0 radical (unpaired) electrons. The molecule has 0 saturated carbocycles. The van der Waals surface area contributed by atoms with Gasteiger partial charge in [-0.05, 0) is 24.1 Å².